The highest BCUT2D eigenvalue weighted by molar-refractivity contribution is 7.89. The molecule has 0 aromatic carbocycles. The molecule has 1 amide bonds. The summed E-state index contributed by atoms with van der Waals surface area (Å²) in [5.41, 5.74) is 0. The number of rotatable bonds is 4. The van der Waals surface area contributed by atoms with Crippen LogP contribution in [0.1, 0.15) is 16.6 Å². The number of nitrogens with zero attached hydrogens (tertiary/aromatic N) is 1. The molecule has 90 valence electrons. The van der Waals surface area contributed by atoms with E-state index in [1.165, 1.54) is 29.8 Å². The Labute approximate surface area is 99.1 Å². The van der Waals surface area contributed by atoms with Crippen LogP contribution >= 0.6 is 11.3 Å². The van der Waals surface area contributed by atoms with Crippen molar-refractivity contribution in [3.05, 3.63) is 16.3 Å². The summed E-state index contributed by atoms with van der Waals surface area (Å²) >= 11 is 1.12. The van der Waals surface area contributed by atoms with Gasteiger partial charge in [-0.2, -0.15) is 0 Å². The molecule has 0 aliphatic carbocycles. The third kappa shape index (κ3) is 2.42. The first kappa shape index (κ1) is 13.1. The van der Waals surface area contributed by atoms with Crippen molar-refractivity contribution in [3.63, 3.8) is 0 Å². The van der Waals surface area contributed by atoms with Crippen molar-refractivity contribution in [2.24, 2.45) is 0 Å². The summed E-state index contributed by atoms with van der Waals surface area (Å²) in [5, 5.41) is 3.93. The zero-order valence-corrected chi connectivity index (χ0v) is 11.0. The first-order valence-electron chi connectivity index (χ1n) is 4.70. The van der Waals surface area contributed by atoms with Crippen LogP contribution in [0.4, 0.5) is 0 Å². The minimum Gasteiger partial charge on any atom is -0.354 e. The maximum absolute atomic E-state index is 11.9. The molecule has 7 heteroatoms. The number of sulfonamides is 1. The first-order valence-corrected chi connectivity index (χ1v) is 7.02. The lowest BCUT2D eigenvalue weighted by Gasteiger charge is -2.12. The van der Waals surface area contributed by atoms with Crippen LogP contribution in [0.2, 0.25) is 0 Å². The zero-order chi connectivity index (χ0) is 12.3. The smallest absolute Gasteiger partial charge is 0.261 e. The molecule has 0 unspecified atom stereocenters. The molecule has 16 heavy (non-hydrogen) atoms. The van der Waals surface area contributed by atoms with Gasteiger partial charge in [-0.3, -0.25) is 4.79 Å². The van der Waals surface area contributed by atoms with Crippen LogP contribution in [0.3, 0.4) is 0 Å². The third-order valence-corrected chi connectivity index (χ3v) is 5.17. The Kier molecular flexibility index (Phi) is 4.06. The fourth-order valence-corrected chi connectivity index (χ4v) is 3.43. The molecule has 0 aliphatic rings. The molecule has 1 aromatic heterocycles. The van der Waals surface area contributed by atoms with Gasteiger partial charge in [-0.1, -0.05) is 6.92 Å². The average Bonchev–Trinajstić information content (AvgIpc) is 2.76. The molecule has 0 bridgehead atoms. The second-order valence-corrected chi connectivity index (χ2v) is 6.10. The van der Waals surface area contributed by atoms with E-state index in [2.05, 4.69) is 5.32 Å². The number of amides is 1. The van der Waals surface area contributed by atoms with E-state index in [0.717, 1.165) is 11.3 Å². The largest absolute Gasteiger partial charge is 0.354 e. The topological polar surface area (TPSA) is 66.5 Å². The second-order valence-electron chi connectivity index (χ2n) is 3.14. The lowest BCUT2D eigenvalue weighted by Crippen LogP contribution is -2.26. The minimum absolute atomic E-state index is 0.167. The van der Waals surface area contributed by atoms with E-state index in [0.29, 0.717) is 11.4 Å². The van der Waals surface area contributed by atoms with Crippen molar-refractivity contribution in [1.29, 1.82) is 0 Å². The lowest BCUT2D eigenvalue weighted by molar-refractivity contribution is 0.0967. The van der Waals surface area contributed by atoms with E-state index in [1.807, 2.05) is 0 Å². The molecule has 1 heterocycles. The van der Waals surface area contributed by atoms with Gasteiger partial charge in [0.2, 0.25) is 10.0 Å². The van der Waals surface area contributed by atoms with Crippen LogP contribution in [-0.2, 0) is 10.0 Å². The Balaban J connectivity index is 3.07. The predicted molar refractivity (Wildman–Crippen MR) is 63.2 cm³/mol. The van der Waals surface area contributed by atoms with Crippen LogP contribution in [0.15, 0.2) is 16.3 Å². The van der Waals surface area contributed by atoms with E-state index in [4.69, 9.17) is 0 Å². The molecule has 0 fully saturated rings. The molecule has 1 N–H and O–H groups in total. The Hall–Kier alpha value is -0.920. The van der Waals surface area contributed by atoms with E-state index < -0.39 is 10.0 Å². The third-order valence-electron chi connectivity index (χ3n) is 2.18. The number of nitrogens with one attached hydrogen (secondary N) is 1. The SMILES string of the molecule is CCN(C)S(=O)(=O)c1csc(C(=O)NC)c1. The highest BCUT2D eigenvalue weighted by Gasteiger charge is 2.21. The molecule has 5 nitrogen and oxygen atoms in total. The van der Waals surface area contributed by atoms with Gasteiger partial charge in [-0.15, -0.1) is 11.3 Å². The molecule has 0 atom stereocenters. The first-order chi connectivity index (χ1) is 7.43. The number of hydrogen-bond acceptors (Lipinski definition) is 4. The monoisotopic (exact) mass is 262 g/mol. The van der Waals surface area contributed by atoms with Crippen molar-refractivity contribution < 1.29 is 13.2 Å². The normalized spacial score (nSPS) is 11.8. The summed E-state index contributed by atoms with van der Waals surface area (Å²) in [6, 6.07) is 1.39. The van der Waals surface area contributed by atoms with E-state index >= 15 is 0 Å². The fourth-order valence-electron chi connectivity index (χ4n) is 1.05. The second kappa shape index (κ2) is 4.94. The molecular formula is C9H14N2O3S2. The summed E-state index contributed by atoms with van der Waals surface area (Å²) in [4.78, 5) is 11.8. The quantitative estimate of drug-likeness (QED) is 0.870. The molecular weight excluding hydrogens is 248 g/mol. The van der Waals surface area contributed by atoms with Gasteiger partial charge in [0.25, 0.3) is 5.91 Å². The fraction of sp³-hybridized carbons (Fsp3) is 0.444. The maximum atomic E-state index is 11.9. The van der Waals surface area contributed by atoms with Gasteiger partial charge in [0.1, 0.15) is 0 Å². The number of thiophene rings is 1. The predicted octanol–water partition coefficient (Wildman–Crippen LogP) is 0.748. The van der Waals surface area contributed by atoms with Gasteiger partial charge >= 0.3 is 0 Å². The summed E-state index contributed by atoms with van der Waals surface area (Å²) in [6.45, 7) is 2.15. The summed E-state index contributed by atoms with van der Waals surface area (Å²) in [7, 11) is -0.431. The Bertz CT molecular complexity index is 479. The molecule has 0 spiro atoms. The van der Waals surface area contributed by atoms with Crippen molar-refractivity contribution >= 4 is 27.3 Å². The van der Waals surface area contributed by atoms with Gasteiger partial charge in [0.05, 0.1) is 9.77 Å². The van der Waals surface area contributed by atoms with Crippen LogP contribution in [0.25, 0.3) is 0 Å². The molecule has 0 saturated carbocycles. The Morgan fingerprint density at radius 2 is 2.19 bits per heavy atom. The van der Waals surface area contributed by atoms with Gasteiger partial charge in [0, 0.05) is 26.0 Å². The van der Waals surface area contributed by atoms with Crippen LogP contribution in [0.5, 0.6) is 0 Å². The van der Waals surface area contributed by atoms with E-state index in [1.54, 1.807) is 6.92 Å². The van der Waals surface area contributed by atoms with Crippen molar-refractivity contribution in [2.75, 3.05) is 20.6 Å². The minimum atomic E-state index is -3.45. The summed E-state index contributed by atoms with van der Waals surface area (Å²) < 4.78 is 25.0. The molecule has 1 rings (SSSR count). The standard InChI is InChI=1S/C9H14N2O3S2/c1-4-11(3)16(13,14)7-5-8(15-6-7)9(12)10-2/h5-6H,4H2,1-3H3,(H,10,12). The zero-order valence-electron chi connectivity index (χ0n) is 9.35. The van der Waals surface area contributed by atoms with E-state index in [9.17, 15) is 13.2 Å². The number of hydrogen-bond donors (Lipinski definition) is 1. The highest BCUT2D eigenvalue weighted by Crippen LogP contribution is 2.21. The van der Waals surface area contributed by atoms with Gasteiger partial charge < -0.3 is 5.32 Å². The lowest BCUT2D eigenvalue weighted by atomic mass is 10.4. The Morgan fingerprint density at radius 3 is 2.69 bits per heavy atom. The van der Waals surface area contributed by atoms with Crippen LogP contribution in [-0.4, -0.2) is 39.3 Å². The van der Waals surface area contributed by atoms with Crippen molar-refractivity contribution in [1.82, 2.24) is 9.62 Å². The molecule has 1 aromatic rings. The Morgan fingerprint density at radius 1 is 1.56 bits per heavy atom. The van der Waals surface area contributed by atoms with Gasteiger partial charge in [-0.25, -0.2) is 12.7 Å². The van der Waals surface area contributed by atoms with Gasteiger partial charge in [-0.05, 0) is 6.07 Å². The van der Waals surface area contributed by atoms with Crippen molar-refractivity contribution in [3.8, 4) is 0 Å². The highest BCUT2D eigenvalue weighted by atomic mass is 32.2. The summed E-state index contributed by atoms with van der Waals surface area (Å²) in [5.74, 6) is -0.273. The number of carbonyl (C=O) groups excluding carboxylic acids is 1. The average molecular weight is 262 g/mol. The molecule has 0 aliphatic heterocycles. The van der Waals surface area contributed by atoms with E-state index in [-0.39, 0.29) is 10.8 Å². The molecule has 0 saturated heterocycles. The van der Waals surface area contributed by atoms with Gasteiger partial charge in [0.15, 0.2) is 0 Å². The van der Waals surface area contributed by atoms with Crippen LogP contribution in [0, 0.1) is 0 Å². The summed E-state index contributed by atoms with van der Waals surface area (Å²) in [6.07, 6.45) is 0. The maximum Gasteiger partial charge on any atom is 0.261 e. The number of carbonyl (C=O) groups is 1. The van der Waals surface area contributed by atoms with Crippen LogP contribution < -0.4 is 5.32 Å². The molecule has 0 radical (unpaired) electrons. The van der Waals surface area contributed by atoms with Crippen molar-refractivity contribution in [2.45, 2.75) is 11.8 Å².